The number of nitriles is 1. The summed E-state index contributed by atoms with van der Waals surface area (Å²) >= 11 is 5.82. The van der Waals surface area contributed by atoms with E-state index in [1.165, 1.54) is 49.5 Å². The van der Waals surface area contributed by atoms with Crippen LogP contribution in [0.3, 0.4) is 0 Å². The summed E-state index contributed by atoms with van der Waals surface area (Å²) in [5.74, 6) is -0.890. The highest BCUT2D eigenvalue weighted by Gasteiger charge is 2.49. The SMILES string of the molecule is CCOC(=O)C1(Sc2ccnc3ccc(O)cc23)CCC1.CCOC(=O)C1(Sc2ccnc3ccc(OCC#N)cc23)CCC1.COC(=O)COc1ccc2nccc(SC3(C(=O)O)CCC3)c2c1.COC(=O)COc1ccc2nccc(SC3(C(=O)O)CCC3)c2c1. The fourth-order valence-electron chi connectivity index (χ4n) is 10.3. The molecular weight excluding hydrogens is 1270 g/mol. The molecule has 0 saturated heterocycles. The number of aromatic hydroxyl groups is 1. The number of carboxylic acid groups (broad SMARTS) is 2. The van der Waals surface area contributed by atoms with Crippen LogP contribution in [-0.4, -0.2) is 137 Å². The molecule has 8 aromatic rings. The molecule has 4 aliphatic rings. The van der Waals surface area contributed by atoms with E-state index in [9.17, 15) is 44.1 Å². The number of phenols is 1. The number of aliphatic carboxylic acids is 2. The quantitative estimate of drug-likeness (QED) is 0.0419. The summed E-state index contributed by atoms with van der Waals surface area (Å²) in [7, 11) is 2.60. The van der Waals surface area contributed by atoms with Crippen LogP contribution in [0.25, 0.3) is 43.6 Å². The Morgan fingerprint density at radius 3 is 1.06 bits per heavy atom. The molecule has 21 nitrogen and oxygen atoms in total. The lowest BCUT2D eigenvalue weighted by Gasteiger charge is -2.38. The summed E-state index contributed by atoms with van der Waals surface area (Å²) in [5.41, 5.74) is 3.16. The first-order chi connectivity index (χ1) is 44.9. The molecule has 0 atom stereocenters. The van der Waals surface area contributed by atoms with Crippen LogP contribution < -0.4 is 14.2 Å². The molecule has 0 bridgehead atoms. The number of aromatic nitrogens is 4. The molecular formula is C68H69N5O16S4. The topological polar surface area (TPSA) is 303 Å². The third-order valence-corrected chi connectivity index (χ3v) is 22.3. The van der Waals surface area contributed by atoms with Gasteiger partial charge in [-0.25, -0.2) is 9.59 Å². The van der Waals surface area contributed by atoms with Crippen LogP contribution >= 0.6 is 47.0 Å². The normalized spacial score (nSPS) is 15.7. The van der Waals surface area contributed by atoms with Crippen LogP contribution in [0.15, 0.2) is 141 Å². The minimum Gasteiger partial charge on any atom is -0.508 e. The number of hydrogen-bond acceptors (Lipinski definition) is 23. The molecule has 4 aromatic heterocycles. The Balaban J connectivity index is 0.000000146. The Morgan fingerprint density at radius 2 is 0.774 bits per heavy atom. The number of pyridine rings is 4. The number of methoxy groups -OCH3 is 2. The van der Waals surface area contributed by atoms with E-state index in [-0.39, 0.29) is 37.5 Å². The Hall–Kier alpha value is -8.57. The third kappa shape index (κ3) is 16.4. The molecule has 93 heavy (non-hydrogen) atoms. The zero-order valence-electron chi connectivity index (χ0n) is 51.6. The van der Waals surface area contributed by atoms with E-state index in [0.717, 1.165) is 115 Å². The highest BCUT2D eigenvalue weighted by atomic mass is 32.2. The predicted molar refractivity (Wildman–Crippen MR) is 353 cm³/mol. The van der Waals surface area contributed by atoms with Gasteiger partial charge in [0.05, 0.1) is 49.5 Å². The molecule has 0 radical (unpaired) electrons. The number of rotatable bonds is 22. The molecule has 12 rings (SSSR count). The Bertz CT molecular complexity index is 3960. The molecule has 0 unspecified atom stereocenters. The smallest absolute Gasteiger partial charge is 0.343 e. The maximum absolute atomic E-state index is 12.4. The molecule has 3 N–H and O–H groups in total. The van der Waals surface area contributed by atoms with E-state index in [4.69, 9.17) is 28.9 Å². The van der Waals surface area contributed by atoms with Crippen LogP contribution in [0.4, 0.5) is 0 Å². The van der Waals surface area contributed by atoms with Gasteiger partial charge in [0.25, 0.3) is 0 Å². The van der Waals surface area contributed by atoms with E-state index < -0.39 is 42.9 Å². The highest BCUT2D eigenvalue weighted by Crippen LogP contribution is 2.53. The molecule has 4 aliphatic carbocycles. The van der Waals surface area contributed by atoms with Gasteiger partial charge in [0, 0.05) is 65.9 Å². The van der Waals surface area contributed by atoms with Crippen molar-refractivity contribution >= 4 is 126 Å². The number of carboxylic acids is 2. The van der Waals surface area contributed by atoms with Crippen molar-refractivity contribution in [2.75, 3.05) is 47.3 Å². The van der Waals surface area contributed by atoms with Crippen molar-refractivity contribution in [3.8, 4) is 29.1 Å². The van der Waals surface area contributed by atoms with Crippen LogP contribution in [0.2, 0.25) is 0 Å². The minimum absolute atomic E-state index is 0.00100. The summed E-state index contributed by atoms with van der Waals surface area (Å²) in [5, 5.41) is 40.8. The van der Waals surface area contributed by atoms with Crippen molar-refractivity contribution in [3.05, 3.63) is 122 Å². The minimum atomic E-state index is -0.776. The molecule has 0 spiro atoms. The first kappa shape index (κ1) is 68.8. The lowest BCUT2D eigenvalue weighted by Crippen LogP contribution is -2.43. The highest BCUT2D eigenvalue weighted by molar-refractivity contribution is 8.02. The molecule has 0 amide bonds. The molecule has 0 aliphatic heterocycles. The van der Waals surface area contributed by atoms with Crippen molar-refractivity contribution in [2.45, 2.75) is 129 Å². The average Bonchev–Trinajstić information content (AvgIpc) is 0.804. The lowest BCUT2D eigenvalue weighted by molar-refractivity contribution is -0.149. The van der Waals surface area contributed by atoms with Crippen molar-refractivity contribution in [2.24, 2.45) is 0 Å². The standard InChI is InChI=1S/C18H18N2O3S.2C17H17NO5S.C16H17NO3S/c1-2-22-17(21)18(7-3-8-18)24-16-6-10-20-15-5-4-13(12-14(15)16)23-11-9-19;2*1-22-15(19)10-23-11-3-4-13-12(9-11)14(5-8-18-13)24-17(16(20)21)6-2-7-17;1-2-20-15(19)16(7-3-8-16)21-14-6-9-17-13-5-4-11(18)10-12(13)14/h4-6,10,12H,2-3,7-8,11H2,1H3;2*3-5,8-9H,2,6-7,10H2,1H3,(H,20,21);4-6,9-10,18H,2-3,7-8H2,1H3. The second kappa shape index (κ2) is 31.4. The van der Waals surface area contributed by atoms with Gasteiger partial charge >= 0.3 is 35.8 Å². The first-order valence-electron chi connectivity index (χ1n) is 30.1. The van der Waals surface area contributed by atoms with E-state index in [1.807, 2.05) is 56.3 Å². The van der Waals surface area contributed by atoms with Crippen LogP contribution in [0.5, 0.6) is 23.0 Å². The Morgan fingerprint density at radius 1 is 0.462 bits per heavy atom. The van der Waals surface area contributed by atoms with Gasteiger partial charge < -0.3 is 48.5 Å². The summed E-state index contributed by atoms with van der Waals surface area (Å²) < 4.78 is 33.3. The van der Waals surface area contributed by atoms with Gasteiger partial charge in [0.2, 0.25) is 0 Å². The zero-order chi connectivity index (χ0) is 66.2. The number of carbonyl (C=O) groups is 6. The van der Waals surface area contributed by atoms with Crippen molar-refractivity contribution < 1.29 is 77.2 Å². The number of thioether (sulfide) groups is 4. The van der Waals surface area contributed by atoms with E-state index in [0.29, 0.717) is 56.1 Å². The van der Waals surface area contributed by atoms with E-state index >= 15 is 0 Å². The number of esters is 4. The van der Waals surface area contributed by atoms with Gasteiger partial charge in [0.1, 0.15) is 48.1 Å². The molecule has 486 valence electrons. The first-order valence-corrected chi connectivity index (χ1v) is 33.4. The Labute approximate surface area is 553 Å². The van der Waals surface area contributed by atoms with E-state index in [2.05, 4.69) is 29.4 Å². The molecule has 4 heterocycles. The van der Waals surface area contributed by atoms with Crippen LogP contribution in [-0.2, 0) is 47.7 Å². The van der Waals surface area contributed by atoms with Crippen LogP contribution in [0.1, 0.15) is 90.9 Å². The fourth-order valence-corrected chi connectivity index (χ4v) is 16.0. The number of ether oxygens (including phenoxy) is 7. The summed E-state index contributed by atoms with van der Waals surface area (Å²) in [4.78, 5) is 91.2. The molecule has 4 aromatic carbocycles. The maximum atomic E-state index is 12.4. The van der Waals surface area contributed by atoms with Gasteiger partial charge in [-0.1, -0.05) is 0 Å². The lowest BCUT2D eigenvalue weighted by atomic mass is 9.84. The second-order valence-corrected chi connectivity index (χ2v) is 27.7. The third-order valence-electron chi connectivity index (χ3n) is 16.1. The number of carbonyl (C=O) groups excluding carboxylic acids is 4. The molecule has 4 fully saturated rings. The van der Waals surface area contributed by atoms with E-state index in [1.54, 1.807) is 97.2 Å². The number of phenolic OH excluding ortho intramolecular Hbond substituents is 1. The van der Waals surface area contributed by atoms with Gasteiger partial charge in [-0.2, -0.15) is 5.26 Å². The van der Waals surface area contributed by atoms with Gasteiger partial charge in [-0.3, -0.25) is 39.1 Å². The summed E-state index contributed by atoms with van der Waals surface area (Å²) in [6.07, 6.45) is 16.7. The van der Waals surface area contributed by atoms with Crippen molar-refractivity contribution in [3.63, 3.8) is 0 Å². The Kier molecular flexibility index (Phi) is 23.2. The average molecular weight is 1340 g/mol. The number of nitrogens with zero attached hydrogens (tertiary/aromatic N) is 5. The second-order valence-electron chi connectivity index (χ2n) is 22.0. The van der Waals surface area contributed by atoms with Gasteiger partial charge in [0.15, 0.2) is 19.8 Å². The monoisotopic (exact) mass is 1340 g/mol. The molecule has 4 saturated carbocycles. The van der Waals surface area contributed by atoms with Crippen molar-refractivity contribution in [1.29, 1.82) is 5.26 Å². The number of hydrogen-bond donors (Lipinski definition) is 3. The predicted octanol–water partition coefficient (Wildman–Crippen LogP) is 13.0. The van der Waals surface area contributed by atoms with Gasteiger partial charge in [-0.15, -0.1) is 47.0 Å². The summed E-state index contributed by atoms with van der Waals surface area (Å²) in [6.45, 7) is 4.10. The zero-order valence-corrected chi connectivity index (χ0v) is 54.9. The number of fused-ring (bicyclic) bond motifs is 4. The van der Waals surface area contributed by atoms with Gasteiger partial charge in [-0.05, 0) is 188 Å². The van der Waals surface area contributed by atoms with Crippen LogP contribution in [0, 0.1) is 11.3 Å². The number of benzene rings is 4. The van der Waals surface area contributed by atoms with Crippen molar-refractivity contribution in [1.82, 2.24) is 19.9 Å². The summed E-state index contributed by atoms with van der Waals surface area (Å²) in [6, 6.07) is 30.6. The largest absolute Gasteiger partial charge is 0.508 e. The maximum Gasteiger partial charge on any atom is 0.343 e. The molecule has 25 heteroatoms. The fraction of sp³-hybridized carbons (Fsp3) is 0.368.